The molecule has 0 amide bonds. The quantitative estimate of drug-likeness (QED) is 0.742. The number of likely N-dealkylation sites (N-methyl/N-ethyl adjacent to an activating group) is 1. The lowest BCUT2D eigenvalue weighted by Crippen LogP contribution is -2.34. The van der Waals surface area contributed by atoms with Gasteiger partial charge in [-0.3, -0.25) is 0 Å². The van der Waals surface area contributed by atoms with Gasteiger partial charge in [-0.1, -0.05) is 26.0 Å². The molecule has 0 heterocycles. The van der Waals surface area contributed by atoms with E-state index in [-0.39, 0.29) is 5.82 Å². The lowest BCUT2D eigenvalue weighted by atomic mass is 10.0. The first-order chi connectivity index (χ1) is 9.47. The summed E-state index contributed by atoms with van der Waals surface area (Å²) in [5.41, 5.74) is 1.03. The van der Waals surface area contributed by atoms with Gasteiger partial charge in [0.1, 0.15) is 5.82 Å². The molecule has 0 aliphatic heterocycles. The maximum atomic E-state index is 13.1. The fraction of sp³-hybridized carbons (Fsp3) is 0.647. The second-order valence-corrected chi connectivity index (χ2v) is 6.19. The molecule has 2 nitrogen and oxygen atoms in total. The number of nitrogens with zero attached hydrogens (tertiary/aromatic N) is 1. The molecule has 1 N–H and O–H groups in total. The summed E-state index contributed by atoms with van der Waals surface area (Å²) in [6, 6.07) is 7.40. The zero-order chi connectivity index (χ0) is 15.0. The SMILES string of the molecule is CC(C)CCC(C)NCCN(C)Cc1cccc(F)c1. The van der Waals surface area contributed by atoms with E-state index < -0.39 is 0 Å². The Bertz CT molecular complexity index is 379. The van der Waals surface area contributed by atoms with Crippen molar-refractivity contribution in [2.75, 3.05) is 20.1 Å². The molecule has 0 radical (unpaired) electrons. The number of hydrogen-bond acceptors (Lipinski definition) is 2. The van der Waals surface area contributed by atoms with Gasteiger partial charge in [-0.15, -0.1) is 0 Å². The zero-order valence-electron chi connectivity index (χ0n) is 13.3. The van der Waals surface area contributed by atoms with Crippen LogP contribution in [-0.4, -0.2) is 31.1 Å². The molecule has 0 saturated heterocycles. The molecule has 1 aromatic carbocycles. The van der Waals surface area contributed by atoms with E-state index in [1.165, 1.54) is 18.9 Å². The van der Waals surface area contributed by atoms with Crippen molar-refractivity contribution < 1.29 is 4.39 Å². The summed E-state index contributed by atoms with van der Waals surface area (Å²) >= 11 is 0. The molecule has 114 valence electrons. The Morgan fingerprint density at radius 1 is 1.20 bits per heavy atom. The van der Waals surface area contributed by atoms with Gasteiger partial charge in [-0.25, -0.2) is 4.39 Å². The molecule has 3 heteroatoms. The van der Waals surface area contributed by atoms with Crippen LogP contribution in [-0.2, 0) is 6.54 Å². The van der Waals surface area contributed by atoms with E-state index in [0.29, 0.717) is 6.04 Å². The van der Waals surface area contributed by atoms with E-state index in [4.69, 9.17) is 0 Å². The van der Waals surface area contributed by atoms with Crippen LogP contribution in [0, 0.1) is 11.7 Å². The van der Waals surface area contributed by atoms with Crippen LogP contribution < -0.4 is 5.32 Å². The third kappa shape index (κ3) is 7.61. The van der Waals surface area contributed by atoms with Gasteiger partial charge in [0.25, 0.3) is 0 Å². The van der Waals surface area contributed by atoms with Crippen LogP contribution in [0.1, 0.15) is 39.2 Å². The molecule has 1 rings (SSSR count). The van der Waals surface area contributed by atoms with E-state index in [0.717, 1.165) is 31.1 Å². The lowest BCUT2D eigenvalue weighted by molar-refractivity contribution is 0.314. The minimum absolute atomic E-state index is 0.156. The Hall–Kier alpha value is -0.930. The van der Waals surface area contributed by atoms with Crippen molar-refractivity contribution >= 4 is 0 Å². The number of hydrogen-bond donors (Lipinski definition) is 1. The Kier molecular flexibility index (Phi) is 7.78. The van der Waals surface area contributed by atoms with Crippen LogP contribution in [0.5, 0.6) is 0 Å². The molecule has 1 atom stereocenters. The van der Waals surface area contributed by atoms with Crippen molar-refractivity contribution in [2.45, 2.75) is 46.2 Å². The average molecular weight is 280 g/mol. The Morgan fingerprint density at radius 3 is 2.60 bits per heavy atom. The van der Waals surface area contributed by atoms with Crippen molar-refractivity contribution in [3.05, 3.63) is 35.6 Å². The molecular formula is C17H29FN2. The Labute approximate surface area is 123 Å². The van der Waals surface area contributed by atoms with Gasteiger partial charge in [0.2, 0.25) is 0 Å². The first-order valence-electron chi connectivity index (χ1n) is 7.63. The van der Waals surface area contributed by atoms with E-state index >= 15 is 0 Å². The van der Waals surface area contributed by atoms with E-state index in [2.05, 4.69) is 38.0 Å². The van der Waals surface area contributed by atoms with Crippen molar-refractivity contribution in [3.8, 4) is 0 Å². The summed E-state index contributed by atoms with van der Waals surface area (Å²) in [5.74, 6) is 0.617. The zero-order valence-corrected chi connectivity index (χ0v) is 13.3. The number of nitrogens with one attached hydrogen (secondary N) is 1. The lowest BCUT2D eigenvalue weighted by Gasteiger charge is -2.20. The van der Waals surface area contributed by atoms with Crippen molar-refractivity contribution in [3.63, 3.8) is 0 Å². The second-order valence-electron chi connectivity index (χ2n) is 6.19. The first kappa shape index (κ1) is 17.1. The molecule has 0 aliphatic carbocycles. The topological polar surface area (TPSA) is 15.3 Å². The fourth-order valence-corrected chi connectivity index (χ4v) is 2.21. The first-order valence-corrected chi connectivity index (χ1v) is 7.63. The van der Waals surface area contributed by atoms with Gasteiger partial charge in [0, 0.05) is 25.7 Å². The molecule has 0 aromatic heterocycles. The van der Waals surface area contributed by atoms with Crippen molar-refractivity contribution in [1.29, 1.82) is 0 Å². The predicted octanol–water partition coefficient (Wildman–Crippen LogP) is 3.67. The molecule has 20 heavy (non-hydrogen) atoms. The van der Waals surface area contributed by atoms with E-state index in [1.807, 2.05) is 6.07 Å². The molecule has 1 unspecified atom stereocenters. The van der Waals surface area contributed by atoms with E-state index in [9.17, 15) is 4.39 Å². The predicted molar refractivity (Wildman–Crippen MR) is 84.3 cm³/mol. The van der Waals surface area contributed by atoms with Crippen LogP contribution in [0.2, 0.25) is 0 Å². The average Bonchev–Trinajstić information content (AvgIpc) is 2.36. The molecule has 0 fully saturated rings. The molecule has 0 bridgehead atoms. The highest BCUT2D eigenvalue weighted by Gasteiger charge is 2.05. The van der Waals surface area contributed by atoms with Gasteiger partial charge in [0.05, 0.1) is 0 Å². The van der Waals surface area contributed by atoms with E-state index in [1.54, 1.807) is 12.1 Å². The molecular weight excluding hydrogens is 251 g/mol. The molecule has 0 aliphatic rings. The summed E-state index contributed by atoms with van der Waals surface area (Å²) < 4.78 is 13.1. The largest absolute Gasteiger partial charge is 0.313 e. The fourth-order valence-electron chi connectivity index (χ4n) is 2.21. The van der Waals surface area contributed by atoms with Crippen LogP contribution >= 0.6 is 0 Å². The Morgan fingerprint density at radius 2 is 1.95 bits per heavy atom. The normalized spacial score (nSPS) is 13.2. The summed E-state index contributed by atoms with van der Waals surface area (Å²) in [4.78, 5) is 2.22. The van der Waals surface area contributed by atoms with Crippen molar-refractivity contribution in [2.24, 2.45) is 5.92 Å². The highest BCUT2D eigenvalue weighted by molar-refractivity contribution is 5.15. The highest BCUT2D eigenvalue weighted by atomic mass is 19.1. The number of benzene rings is 1. The molecule has 0 spiro atoms. The van der Waals surface area contributed by atoms with Crippen LogP contribution in [0.25, 0.3) is 0 Å². The smallest absolute Gasteiger partial charge is 0.123 e. The highest BCUT2D eigenvalue weighted by Crippen LogP contribution is 2.07. The number of rotatable bonds is 9. The summed E-state index contributed by atoms with van der Waals surface area (Å²) in [6.45, 7) is 9.52. The third-order valence-corrected chi connectivity index (χ3v) is 3.50. The molecule has 0 saturated carbocycles. The maximum Gasteiger partial charge on any atom is 0.123 e. The van der Waals surface area contributed by atoms with Crippen LogP contribution in [0.3, 0.4) is 0 Å². The number of halogens is 1. The summed E-state index contributed by atoms with van der Waals surface area (Å²) in [5, 5.41) is 3.55. The minimum atomic E-state index is -0.156. The summed E-state index contributed by atoms with van der Waals surface area (Å²) in [7, 11) is 2.07. The van der Waals surface area contributed by atoms with Gasteiger partial charge >= 0.3 is 0 Å². The standard InChI is InChI=1S/C17H29FN2/c1-14(2)8-9-15(3)19-10-11-20(4)13-16-6-5-7-17(18)12-16/h5-7,12,14-15,19H,8-11,13H2,1-4H3. The Balaban J connectivity index is 2.18. The summed E-state index contributed by atoms with van der Waals surface area (Å²) in [6.07, 6.45) is 2.50. The third-order valence-electron chi connectivity index (χ3n) is 3.50. The maximum absolute atomic E-state index is 13.1. The van der Waals surface area contributed by atoms with Gasteiger partial charge < -0.3 is 10.2 Å². The molecule has 1 aromatic rings. The van der Waals surface area contributed by atoms with Gasteiger partial charge in [-0.05, 0) is 50.4 Å². The van der Waals surface area contributed by atoms with Gasteiger partial charge in [0.15, 0.2) is 0 Å². The van der Waals surface area contributed by atoms with Crippen molar-refractivity contribution in [1.82, 2.24) is 10.2 Å². The minimum Gasteiger partial charge on any atom is -0.313 e. The van der Waals surface area contributed by atoms with Crippen LogP contribution in [0.4, 0.5) is 4.39 Å². The van der Waals surface area contributed by atoms with Crippen LogP contribution in [0.15, 0.2) is 24.3 Å². The monoisotopic (exact) mass is 280 g/mol. The van der Waals surface area contributed by atoms with Gasteiger partial charge in [-0.2, -0.15) is 0 Å². The second kappa shape index (κ2) is 9.09.